The van der Waals surface area contributed by atoms with Gasteiger partial charge in [-0.15, -0.1) is 0 Å². The number of benzene rings is 1. The van der Waals surface area contributed by atoms with Crippen molar-refractivity contribution in [3.63, 3.8) is 0 Å². The Bertz CT molecular complexity index is 566. The van der Waals surface area contributed by atoms with E-state index >= 15 is 0 Å². The summed E-state index contributed by atoms with van der Waals surface area (Å²) >= 11 is 0. The highest BCUT2D eigenvalue weighted by molar-refractivity contribution is 5.73. The lowest BCUT2D eigenvalue weighted by atomic mass is 9.97. The minimum atomic E-state index is -0.342. The minimum absolute atomic E-state index is 0.0325. The predicted molar refractivity (Wildman–Crippen MR) is 63.2 cm³/mol. The fraction of sp³-hybridized carbons (Fsp3) is 0.417. The Morgan fingerprint density at radius 1 is 1.38 bits per heavy atom. The van der Waals surface area contributed by atoms with Crippen LogP contribution in [-0.2, 0) is 7.05 Å². The zero-order valence-electron chi connectivity index (χ0n) is 9.73. The maximum absolute atomic E-state index is 11.3. The molecule has 2 rings (SSSR count). The maximum Gasteiger partial charge on any atom is 0.419 e. The molecule has 0 saturated carbocycles. The van der Waals surface area contributed by atoms with Gasteiger partial charge in [0.05, 0.1) is 5.52 Å². The summed E-state index contributed by atoms with van der Waals surface area (Å²) in [6.07, 6.45) is 0. The molecule has 0 aliphatic heterocycles. The van der Waals surface area contributed by atoms with E-state index in [0.717, 1.165) is 11.1 Å². The van der Waals surface area contributed by atoms with E-state index in [2.05, 4.69) is 13.8 Å². The summed E-state index contributed by atoms with van der Waals surface area (Å²) in [5, 5.41) is 0. The minimum Gasteiger partial charge on any atom is -0.408 e. The normalized spacial score (nSPS) is 13.6. The lowest BCUT2D eigenvalue weighted by molar-refractivity contribution is 0.510. The summed E-state index contributed by atoms with van der Waals surface area (Å²) in [7, 11) is 1.69. The molecule has 0 amide bonds. The average Bonchev–Trinajstić information content (AvgIpc) is 2.53. The highest BCUT2D eigenvalue weighted by atomic mass is 16.4. The first-order valence-electron chi connectivity index (χ1n) is 5.35. The second kappa shape index (κ2) is 3.79. The Balaban J connectivity index is 2.57. The highest BCUT2D eigenvalue weighted by Gasteiger charge is 2.13. The first kappa shape index (κ1) is 11.0. The van der Waals surface area contributed by atoms with Gasteiger partial charge in [-0.2, -0.15) is 0 Å². The van der Waals surface area contributed by atoms with Crippen LogP contribution in [-0.4, -0.2) is 4.57 Å². The SMILES string of the molecule is CC(C)C(N)c1ccc2c(c1)oc(=O)n2C. The van der Waals surface area contributed by atoms with E-state index in [1.807, 2.05) is 18.2 Å². The van der Waals surface area contributed by atoms with Crippen LogP contribution in [0.3, 0.4) is 0 Å². The molecule has 0 aliphatic carbocycles. The zero-order valence-corrected chi connectivity index (χ0v) is 9.73. The van der Waals surface area contributed by atoms with E-state index in [-0.39, 0.29) is 11.8 Å². The third-order valence-corrected chi connectivity index (χ3v) is 2.92. The molecule has 0 aliphatic rings. The Labute approximate surface area is 93.7 Å². The molecule has 4 heteroatoms. The van der Waals surface area contributed by atoms with Crippen LogP contribution in [0, 0.1) is 5.92 Å². The number of fused-ring (bicyclic) bond motifs is 1. The van der Waals surface area contributed by atoms with E-state index < -0.39 is 0 Å². The largest absolute Gasteiger partial charge is 0.419 e. The van der Waals surface area contributed by atoms with Crippen LogP contribution in [0.2, 0.25) is 0 Å². The van der Waals surface area contributed by atoms with E-state index in [1.165, 1.54) is 4.57 Å². The van der Waals surface area contributed by atoms with Gasteiger partial charge < -0.3 is 10.2 Å². The van der Waals surface area contributed by atoms with E-state index in [9.17, 15) is 4.79 Å². The molecule has 1 heterocycles. The van der Waals surface area contributed by atoms with Crippen molar-refractivity contribution in [2.75, 3.05) is 0 Å². The van der Waals surface area contributed by atoms with Crippen molar-refractivity contribution in [2.24, 2.45) is 18.7 Å². The molecule has 16 heavy (non-hydrogen) atoms. The van der Waals surface area contributed by atoms with Crippen LogP contribution >= 0.6 is 0 Å². The molecule has 0 radical (unpaired) electrons. The van der Waals surface area contributed by atoms with Gasteiger partial charge in [0.25, 0.3) is 0 Å². The van der Waals surface area contributed by atoms with Crippen molar-refractivity contribution >= 4 is 11.1 Å². The number of oxazole rings is 1. The van der Waals surface area contributed by atoms with Crippen LogP contribution < -0.4 is 11.5 Å². The van der Waals surface area contributed by atoms with Crippen molar-refractivity contribution in [1.29, 1.82) is 0 Å². The van der Waals surface area contributed by atoms with Gasteiger partial charge in [-0.3, -0.25) is 4.57 Å². The molecule has 1 aromatic carbocycles. The first-order chi connectivity index (χ1) is 7.50. The third kappa shape index (κ3) is 1.65. The van der Waals surface area contributed by atoms with Gasteiger partial charge in [0, 0.05) is 13.1 Å². The molecular weight excluding hydrogens is 204 g/mol. The topological polar surface area (TPSA) is 61.2 Å². The number of rotatable bonds is 2. The second-order valence-corrected chi connectivity index (χ2v) is 4.42. The number of aromatic nitrogens is 1. The Morgan fingerprint density at radius 3 is 2.69 bits per heavy atom. The first-order valence-corrected chi connectivity index (χ1v) is 5.35. The Kier molecular flexibility index (Phi) is 2.59. The molecule has 1 atom stereocenters. The molecular formula is C12H16N2O2. The molecule has 2 aromatic rings. The van der Waals surface area contributed by atoms with Crippen LogP contribution in [0.25, 0.3) is 11.1 Å². The Hall–Kier alpha value is -1.55. The molecule has 86 valence electrons. The molecule has 0 fully saturated rings. The van der Waals surface area contributed by atoms with Crippen LogP contribution in [0.1, 0.15) is 25.5 Å². The second-order valence-electron chi connectivity index (χ2n) is 4.42. The van der Waals surface area contributed by atoms with Crippen LogP contribution in [0.4, 0.5) is 0 Å². The molecule has 0 spiro atoms. The van der Waals surface area contributed by atoms with Crippen molar-refractivity contribution < 1.29 is 4.42 Å². The number of aryl methyl sites for hydroxylation is 1. The standard InChI is InChI=1S/C12H16N2O2/c1-7(2)11(13)8-4-5-9-10(6-8)16-12(15)14(9)3/h4-7,11H,13H2,1-3H3. The fourth-order valence-electron chi connectivity index (χ4n) is 1.74. The molecule has 2 N–H and O–H groups in total. The fourth-order valence-corrected chi connectivity index (χ4v) is 1.74. The van der Waals surface area contributed by atoms with Gasteiger partial charge in [-0.1, -0.05) is 19.9 Å². The number of hydrogen-bond donors (Lipinski definition) is 1. The number of nitrogens with two attached hydrogens (primary N) is 1. The predicted octanol–water partition coefficient (Wildman–Crippen LogP) is 1.79. The lowest BCUT2D eigenvalue weighted by Crippen LogP contribution is -2.16. The Morgan fingerprint density at radius 2 is 2.06 bits per heavy atom. The third-order valence-electron chi connectivity index (χ3n) is 2.92. The molecule has 4 nitrogen and oxygen atoms in total. The average molecular weight is 220 g/mol. The van der Waals surface area contributed by atoms with Gasteiger partial charge in [0.1, 0.15) is 0 Å². The number of hydrogen-bond acceptors (Lipinski definition) is 3. The van der Waals surface area contributed by atoms with E-state index in [1.54, 1.807) is 7.05 Å². The van der Waals surface area contributed by atoms with Gasteiger partial charge in [0.15, 0.2) is 5.58 Å². The summed E-state index contributed by atoms with van der Waals surface area (Å²) in [4.78, 5) is 11.3. The number of nitrogens with zero attached hydrogens (tertiary/aromatic N) is 1. The highest BCUT2D eigenvalue weighted by Crippen LogP contribution is 2.22. The summed E-state index contributed by atoms with van der Waals surface area (Å²) in [6, 6.07) is 5.64. The van der Waals surface area contributed by atoms with Crippen LogP contribution in [0.15, 0.2) is 27.4 Å². The lowest BCUT2D eigenvalue weighted by Gasteiger charge is -2.15. The summed E-state index contributed by atoms with van der Waals surface area (Å²) in [6.45, 7) is 4.13. The summed E-state index contributed by atoms with van der Waals surface area (Å²) in [5.41, 5.74) is 8.44. The monoisotopic (exact) mass is 220 g/mol. The summed E-state index contributed by atoms with van der Waals surface area (Å²) < 4.78 is 6.61. The van der Waals surface area contributed by atoms with Gasteiger partial charge in [-0.25, -0.2) is 4.79 Å². The molecule has 1 aromatic heterocycles. The molecule has 0 bridgehead atoms. The van der Waals surface area contributed by atoms with Crippen molar-refractivity contribution in [3.05, 3.63) is 34.3 Å². The van der Waals surface area contributed by atoms with E-state index in [0.29, 0.717) is 11.5 Å². The molecule has 1 unspecified atom stereocenters. The summed E-state index contributed by atoms with van der Waals surface area (Å²) in [5.74, 6) is 0.0122. The van der Waals surface area contributed by atoms with Gasteiger partial charge in [0.2, 0.25) is 0 Å². The quantitative estimate of drug-likeness (QED) is 0.839. The smallest absolute Gasteiger partial charge is 0.408 e. The van der Waals surface area contributed by atoms with Crippen molar-refractivity contribution in [1.82, 2.24) is 4.57 Å². The maximum atomic E-state index is 11.3. The van der Waals surface area contributed by atoms with Crippen molar-refractivity contribution in [2.45, 2.75) is 19.9 Å². The van der Waals surface area contributed by atoms with Crippen molar-refractivity contribution in [3.8, 4) is 0 Å². The van der Waals surface area contributed by atoms with Gasteiger partial charge in [-0.05, 0) is 23.6 Å². The zero-order chi connectivity index (χ0) is 11.9. The van der Waals surface area contributed by atoms with Crippen LogP contribution in [0.5, 0.6) is 0 Å². The van der Waals surface area contributed by atoms with Gasteiger partial charge >= 0.3 is 5.76 Å². The van der Waals surface area contributed by atoms with E-state index in [4.69, 9.17) is 10.2 Å². The molecule has 0 saturated heterocycles.